The minimum absolute atomic E-state index is 0.737. The van der Waals surface area contributed by atoms with Crippen LogP contribution in [0.25, 0.3) is 0 Å². The molecule has 2 aliphatic rings. The van der Waals surface area contributed by atoms with Crippen molar-refractivity contribution in [1.29, 1.82) is 0 Å². The Kier molecular flexibility index (Phi) is 4.00. The number of hydrogen-bond acceptors (Lipinski definition) is 5. The lowest BCUT2D eigenvalue weighted by Crippen LogP contribution is -2.35. The van der Waals surface area contributed by atoms with Gasteiger partial charge >= 0.3 is 0 Å². The molecule has 4 rings (SSSR count). The summed E-state index contributed by atoms with van der Waals surface area (Å²) in [6, 6.07) is 8.45. The van der Waals surface area contributed by atoms with E-state index in [9.17, 15) is 0 Å². The lowest BCUT2D eigenvalue weighted by Gasteiger charge is -2.32. The largest absolute Gasteiger partial charge is 0.497 e. The molecule has 0 saturated carbocycles. The third-order valence-corrected chi connectivity index (χ3v) is 5.08. The van der Waals surface area contributed by atoms with Crippen molar-refractivity contribution in [3.63, 3.8) is 0 Å². The highest BCUT2D eigenvalue weighted by Gasteiger charge is 2.23. The van der Waals surface area contributed by atoms with Gasteiger partial charge < -0.3 is 14.5 Å². The van der Waals surface area contributed by atoms with Gasteiger partial charge in [0.25, 0.3) is 0 Å². The first-order chi connectivity index (χ1) is 11.7. The maximum absolute atomic E-state index is 5.34. The number of hydrogen-bond donors (Lipinski definition) is 0. The molecular formula is C19H24N4O. The van der Waals surface area contributed by atoms with Gasteiger partial charge in [-0.25, -0.2) is 9.97 Å². The van der Waals surface area contributed by atoms with Crippen LogP contribution in [0.4, 0.5) is 11.6 Å². The summed E-state index contributed by atoms with van der Waals surface area (Å²) in [6.07, 6.45) is 4.26. The van der Waals surface area contributed by atoms with E-state index < -0.39 is 0 Å². The summed E-state index contributed by atoms with van der Waals surface area (Å²) in [7, 11) is 1.71. The first-order valence-electron chi connectivity index (χ1n) is 8.70. The number of fused-ring (bicyclic) bond motifs is 1. The van der Waals surface area contributed by atoms with Crippen LogP contribution >= 0.6 is 0 Å². The Bertz CT molecular complexity index is 733. The molecule has 0 N–H and O–H groups in total. The van der Waals surface area contributed by atoms with Crippen molar-refractivity contribution in [2.45, 2.75) is 32.9 Å². The molecular weight excluding hydrogens is 300 g/mol. The van der Waals surface area contributed by atoms with Crippen molar-refractivity contribution in [2.24, 2.45) is 5.92 Å². The summed E-state index contributed by atoms with van der Waals surface area (Å²) in [5.41, 5.74) is 2.67. The molecule has 2 aliphatic heterocycles. The van der Waals surface area contributed by atoms with Crippen LogP contribution < -0.4 is 14.5 Å². The van der Waals surface area contributed by atoms with E-state index in [4.69, 9.17) is 4.74 Å². The lowest BCUT2D eigenvalue weighted by atomic mass is 10.0. The van der Waals surface area contributed by atoms with Crippen LogP contribution in [0.5, 0.6) is 5.75 Å². The van der Waals surface area contributed by atoms with E-state index in [-0.39, 0.29) is 0 Å². The highest BCUT2D eigenvalue weighted by molar-refractivity contribution is 5.54. The fraction of sp³-hybridized carbons (Fsp3) is 0.474. The first kappa shape index (κ1) is 15.2. The Hall–Kier alpha value is -2.30. The molecule has 1 atom stereocenters. The molecule has 126 valence electrons. The minimum Gasteiger partial charge on any atom is -0.497 e. The van der Waals surface area contributed by atoms with Crippen LogP contribution in [-0.2, 0) is 13.1 Å². The van der Waals surface area contributed by atoms with Gasteiger partial charge in [-0.15, -0.1) is 0 Å². The Morgan fingerprint density at radius 1 is 1.04 bits per heavy atom. The molecule has 0 bridgehead atoms. The molecule has 1 saturated heterocycles. The SMILES string of the molecule is COc1ccc2c(c1)CN(c1cc(N3CCCC(C)C3)ncn1)C2. The van der Waals surface area contributed by atoms with Gasteiger partial charge in [-0.05, 0) is 42.0 Å². The molecule has 0 amide bonds. The fourth-order valence-corrected chi connectivity index (χ4v) is 3.74. The molecule has 0 spiro atoms. The molecule has 0 aliphatic carbocycles. The normalized spacial score (nSPS) is 20.2. The lowest BCUT2D eigenvalue weighted by molar-refractivity contribution is 0.414. The number of benzene rings is 1. The summed E-state index contributed by atoms with van der Waals surface area (Å²) >= 11 is 0. The quantitative estimate of drug-likeness (QED) is 0.867. The van der Waals surface area contributed by atoms with E-state index in [2.05, 4.69) is 44.9 Å². The van der Waals surface area contributed by atoms with Crippen LogP contribution in [0.3, 0.4) is 0 Å². The number of piperidine rings is 1. The van der Waals surface area contributed by atoms with Crippen molar-refractivity contribution in [3.05, 3.63) is 41.7 Å². The molecule has 24 heavy (non-hydrogen) atoms. The molecule has 1 aromatic heterocycles. The summed E-state index contributed by atoms with van der Waals surface area (Å²) in [6.45, 7) is 6.27. The molecule has 1 fully saturated rings. The minimum atomic E-state index is 0.737. The Morgan fingerprint density at radius 2 is 1.83 bits per heavy atom. The number of ether oxygens (including phenoxy) is 1. The van der Waals surface area contributed by atoms with Gasteiger partial charge in [0.1, 0.15) is 23.7 Å². The molecule has 2 aromatic rings. The second-order valence-electron chi connectivity index (χ2n) is 6.92. The van der Waals surface area contributed by atoms with E-state index in [1.54, 1.807) is 13.4 Å². The van der Waals surface area contributed by atoms with Crippen LogP contribution in [0.2, 0.25) is 0 Å². The van der Waals surface area contributed by atoms with Crippen LogP contribution in [0, 0.1) is 5.92 Å². The zero-order valence-electron chi connectivity index (χ0n) is 14.4. The van der Waals surface area contributed by atoms with Crippen LogP contribution in [-0.4, -0.2) is 30.2 Å². The van der Waals surface area contributed by atoms with E-state index >= 15 is 0 Å². The molecule has 1 unspecified atom stereocenters. The van der Waals surface area contributed by atoms with Crippen molar-refractivity contribution in [2.75, 3.05) is 30.0 Å². The predicted molar refractivity (Wildman–Crippen MR) is 95.5 cm³/mol. The summed E-state index contributed by atoms with van der Waals surface area (Å²) < 4.78 is 5.34. The van der Waals surface area contributed by atoms with E-state index in [1.807, 2.05) is 6.07 Å². The van der Waals surface area contributed by atoms with Gasteiger partial charge in [0.2, 0.25) is 0 Å². The second-order valence-corrected chi connectivity index (χ2v) is 6.92. The van der Waals surface area contributed by atoms with Gasteiger partial charge in [0, 0.05) is 32.2 Å². The summed E-state index contributed by atoms with van der Waals surface area (Å²) in [5.74, 6) is 3.72. The molecule has 1 aromatic carbocycles. The fourth-order valence-electron chi connectivity index (χ4n) is 3.74. The van der Waals surface area contributed by atoms with Gasteiger partial charge in [0.05, 0.1) is 7.11 Å². The van der Waals surface area contributed by atoms with Gasteiger partial charge in [-0.2, -0.15) is 0 Å². The topological polar surface area (TPSA) is 41.5 Å². The highest BCUT2D eigenvalue weighted by atomic mass is 16.5. The second kappa shape index (κ2) is 6.30. The van der Waals surface area contributed by atoms with Crippen molar-refractivity contribution in [3.8, 4) is 5.75 Å². The molecule has 5 nitrogen and oxygen atoms in total. The maximum Gasteiger partial charge on any atom is 0.134 e. The predicted octanol–water partition coefficient (Wildman–Crippen LogP) is 3.24. The molecule has 0 radical (unpaired) electrons. The highest BCUT2D eigenvalue weighted by Crippen LogP contribution is 2.31. The third-order valence-electron chi connectivity index (χ3n) is 5.08. The van der Waals surface area contributed by atoms with E-state index in [0.717, 1.165) is 49.5 Å². The van der Waals surface area contributed by atoms with E-state index in [1.165, 1.54) is 24.0 Å². The standard InChI is InChI=1S/C19H24N4O/c1-14-4-3-7-22(10-14)18-9-19(21-13-20-18)23-11-15-5-6-17(24-2)8-16(15)12-23/h5-6,8-9,13-14H,3-4,7,10-12H2,1-2H3. The number of anilines is 2. The van der Waals surface area contributed by atoms with Gasteiger partial charge in [-0.3, -0.25) is 0 Å². The van der Waals surface area contributed by atoms with Gasteiger partial charge in [0.15, 0.2) is 0 Å². The molecule has 5 heteroatoms. The molecule has 3 heterocycles. The van der Waals surface area contributed by atoms with Crippen LogP contribution in [0.1, 0.15) is 30.9 Å². The van der Waals surface area contributed by atoms with Gasteiger partial charge in [-0.1, -0.05) is 13.0 Å². The Balaban J connectivity index is 1.54. The maximum atomic E-state index is 5.34. The van der Waals surface area contributed by atoms with Crippen molar-refractivity contribution in [1.82, 2.24) is 9.97 Å². The van der Waals surface area contributed by atoms with Crippen molar-refractivity contribution >= 4 is 11.6 Å². The summed E-state index contributed by atoms with van der Waals surface area (Å²) in [5, 5.41) is 0. The number of rotatable bonds is 3. The van der Waals surface area contributed by atoms with Crippen LogP contribution in [0.15, 0.2) is 30.6 Å². The zero-order valence-corrected chi connectivity index (χ0v) is 14.4. The smallest absolute Gasteiger partial charge is 0.134 e. The zero-order chi connectivity index (χ0) is 16.5. The average molecular weight is 324 g/mol. The number of aromatic nitrogens is 2. The monoisotopic (exact) mass is 324 g/mol. The van der Waals surface area contributed by atoms with E-state index in [0.29, 0.717) is 0 Å². The Labute approximate surface area is 143 Å². The Morgan fingerprint density at radius 3 is 2.62 bits per heavy atom. The average Bonchev–Trinajstić information content (AvgIpc) is 3.05. The van der Waals surface area contributed by atoms with Crippen molar-refractivity contribution < 1.29 is 4.74 Å². The summed E-state index contributed by atoms with van der Waals surface area (Å²) in [4.78, 5) is 13.7. The third kappa shape index (κ3) is 2.90. The number of nitrogens with zero attached hydrogens (tertiary/aromatic N) is 4. The number of methoxy groups -OCH3 is 1. The first-order valence-corrected chi connectivity index (χ1v) is 8.70.